The number of carbonyl (C=O) groups excluding carboxylic acids is 2. The molecule has 0 radical (unpaired) electrons. The maximum atomic E-state index is 13.1. The quantitative estimate of drug-likeness (QED) is 0.489. The van der Waals surface area contributed by atoms with Crippen molar-refractivity contribution in [1.29, 1.82) is 0 Å². The van der Waals surface area contributed by atoms with Gasteiger partial charge in [-0.1, -0.05) is 30.3 Å². The monoisotopic (exact) mass is 393 g/mol. The van der Waals surface area contributed by atoms with E-state index in [9.17, 15) is 18.0 Å². The van der Waals surface area contributed by atoms with Crippen molar-refractivity contribution in [2.24, 2.45) is 0 Å². The summed E-state index contributed by atoms with van der Waals surface area (Å²) in [5, 5.41) is 0. The Morgan fingerprint density at radius 2 is 1.46 bits per heavy atom. The molecule has 0 bridgehead atoms. The van der Waals surface area contributed by atoms with Crippen LogP contribution in [0.5, 0.6) is 5.75 Å². The molecule has 3 aromatic rings. The molecule has 28 heavy (non-hydrogen) atoms. The van der Waals surface area contributed by atoms with Crippen LogP contribution in [0.25, 0.3) is 0 Å². The normalized spacial score (nSPS) is 14.0. The van der Waals surface area contributed by atoms with Crippen molar-refractivity contribution in [1.82, 2.24) is 0 Å². The number of hydrogen-bond donors (Lipinski definition) is 0. The molecular formula is C21H15NO5S. The van der Waals surface area contributed by atoms with Crippen molar-refractivity contribution < 1.29 is 22.7 Å². The lowest BCUT2D eigenvalue weighted by Gasteiger charge is -2.30. The summed E-state index contributed by atoms with van der Waals surface area (Å²) in [6, 6.07) is 18.9. The molecule has 1 heterocycles. The Balaban J connectivity index is 1.81. The van der Waals surface area contributed by atoms with Crippen LogP contribution in [0.3, 0.4) is 0 Å². The van der Waals surface area contributed by atoms with Gasteiger partial charge in [0.2, 0.25) is 15.7 Å². The predicted molar refractivity (Wildman–Crippen MR) is 103 cm³/mol. The van der Waals surface area contributed by atoms with E-state index in [1.54, 1.807) is 48.5 Å². The first-order chi connectivity index (χ1) is 13.4. The van der Waals surface area contributed by atoms with Gasteiger partial charge in [0.25, 0.3) is 0 Å². The third-order valence-electron chi connectivity index (χ3n) is 4.39. The molecular weight excluding hydrogens is 378 g/mol. The number of fused-ring (bicyclic) bond motifs is 2. The number of ether oxygens (including phenoxy) is 1. The van der Waals surface area contributed by atoms with Crippen LogP contribution in [0, 0.1) is 0 Å². The van der Waals surface area contributed by atoms with Crippen LogP contribution < -0.4 is 9.64 Å². The molecule has 4 rings (SSSR count). The van der Waals surface area contributed by atoms with Crippen molar-refractivity contribution >= 4 is 33.1 Å². The fraction of sp³-hybridized carbons (Fsp3) is 0.0476. The highest BCUT2D eigenvalue weighted by molar-refractivity contribution is 7.92. The van der Waals surface area contributed by atoms with Crippen LogP contribution >= 0.6 is 0 Å². The summed E-state index contributed by atoms with van der Waals surface area (Å²) in [6.07, 6.45) is 0. The molecule has 6 nitrogen and oxygen atoms in total. The molecule has 0 aliphatic carbocycles. The van der Waals surface area contributed by atoms with Gasteiger partial charge >= 0.3 is 5.97 Å². The Hall–Kier alpha value is -3.45. The summed E-state index contributed by atoms with van der Waals surface area (Å²) in [5.41, 5.74) is 0.876. The largest absolute Gasteiger partial charge is 0.423 e. The number of carbonyl (C=O) groups is 2. The zero-order valence-corrected chi connectivity index (χ0v) is 15.6. The van der Waals surface area contributed by atoms with E-state index < -0.39 is 15.8 Å². The Morgan fingerprint density at radius 3 is 2.18 bits per heavy atom. The van der Waals surface area contributed by atoms with Gasteiger partial charge in [-0.15, -0.1) is 0 Å². The molecule has 1 amide bonds. The molecule has 3 aromatic carbocycles. The van der Waals surface area contributed by atoms with E-state index >= 15 is 0 Å². The number of sulfone groups is 1. The number of para-hydroxylation sites is 1. The minimum atomic E-state index is -3.88. The Bertz CT molecular complexity index is 1200. The van der Waals surface area contributed by atoms with Gasteiger partial charge in [-0.2, -0.15) is 0 Å². The zero-order valence-electron chi connectivity index (χ0n) is 14.8. The molecule has 1 aliphatic heterocycles. The second-order valence-corrected chi connectivity index (χ2v) is 8.10. The summed E-state index contributed by atoms with van der Waals surface area (Å²) in [4.78, 5) is 25.8. The zero-order chi connectivity index (χ0) is 19.9. The Kier molecular flexibility index (Phi) is 4.24. The second-order valence-electron chi connectivity index (χ2n) is 6.21. The third-order valence-corrected chi connectivity index (χ3v) is 6.22. The predicted octanol–water partition coefficient (Wildman–Crippen LogP) is 3.74. The lowest BCUT2D eigenvalue weighted by Crippen LogP contribution is -2.29. The standard InChI is InChI=1S/C21H15NO5S/c1-14(23)22-17-9-5-6-10-19(17)28(25,26)20-13-16(11-12-18(20)22)27-21(24)15-7-3-2-4-8-15/h2-13H,1H3. The molecule has 0 aromatic heterocycles. The van der Waals surface area contributed by atoms with Crippen LogP contribution in [-0.4, -0.2) is 20.3 Å². The minimum absolute atomic E-state index is 0.0317. The first-order valence-electron chi connectivity index (χ1n) is 8.45. The Morgan fingerprint density at radius 1 is 0.821 bits per heavy atom. The number of anilines is 2. The SMILES string of the molecule is CC(=O)N1c2ccccc2S(=O)(=O)c2cc(OC(=O)c3ccccc3)ccc21. The highest BCUT2D eigenvalue weighted by Gasteiger charge is 2.36. The number of esters is 1. The van der Waals surface area contributed by atoms with E-state index in [1.807, 2.05) is 0 Å². The number of nitrogens with zero attached hydrogens (tertiary/aromatic N) is 1. The lowest BCUT2D eigenvalue weighted by molar-refractivity contribution is -0.115. The van der Waals surface area contributed by atoms with Crippen LogP contribution in [0.15, 0.2) is 82.6 Å². The molecule has 7 heteroatoms. The molecule has 0 N–H and O–H groups in total. The highest BCUT2D eigenvalue weighted by atomic mass is 32.2. The van der Waals surface area contributed by atoms with Crippen molar-refractivity contribution in [3.05, 3.63) is 78.4 Å². The third kappa shape index (κ3) is 2.86. The summed E-state index contributed by atoms with van der Waals surface area (Å²) in [5.74, 6) is -0.839. The van der Waals surface area contributed by atoms with E-state index in [2.05, 4.69) is 0 Å². The van der Waals surface area contributed by atoms with Crippen molar-refractivity contribution in [3.63, 3.8) is 0 Å². The van der Waals surface area contributed by atoms with Gasteiger partial charge in [0.15, 0.2) is 0 Å². The van der Waals surface area contributed by atoms with Crippen molar-refractivity contribution in [2.45, 2.75) is 16.7 Å². The molecule has 0 spiro atoms. The molecule has 0 saturated carbocycles. The summed E-state index contributed by atoms with van der Waals surface area (Å²) < 4.78 is 31.5. The van der Waals surface area contributed by atoms with Gasteiger partial charge in [0, 0.05) is 13.0 Å². The fourth-order valence-corrected chi connectivity index (χ4v) is 4.79. The maximum absolute atomic E-state index is 13.1. The van der Waals surface area contributed by atoms with Crippen LogP contribution in [-0.2, 0) is 14.6 Å². The average molecular weight is 393 g/mol. The number of benzene rings is 3. The van der Waals surface area contributed by atoms with Gasteiger partial charge in [0.1, 0.15) is 5.75 Å². The van der Waals surface area contributed by atoms with Crippen LogP contribution in [0.4, 0.5) is 11.4 Å². The van der Waals surface area contributed by atoms with Crippen LogP contribution in [0.2, 0.25) is 0 Å². The van der Waals surface area contributed by atoms with E-state index in [1.165, 1.54) is 36.1 Å². The topological polar surface area (TPSA) is 80.8 Å². The highest BCUT2D eigenvalue weighted by Crippen LogP contribution is 2.45. The van der Waals surface area contributed by atoms with Gasteiger partial charge in [-0.25, -0.2) is 13.2 Å². The van der Waals surface area contributed by atoms with E-state index in [4.69, 9.17) is 4.74 Å². The maximum Gasteiger partial charge on any atom is 0.343 e. The Labute approximate surface area is 161 Å². The summed E-state index contributed by atoms with van der Waals surface area (Å²) >= 11 is 0. The first-order valence-corrected chi connectivity index (χ1v) is 9.94. The van der Waals surface area contributed by atoms with Gasteiger partial charge in [0.05, 0.1) is 26.7 Å². The molecule has 1 aliphatic rings. The van der Waals surface area contributed by atoms with Gasteiger partial charge in [-0.05, 0) is 36.4 Å². The number of rotatable bonds is 2. The van der Waals surface area contributed by atoms with E-state index in [0.29, 0.717) is 11.3 Å². The summed E-state index contributed by atoms with van der Waals surface area (Å²) in [6.45, 7) is 1.36. The van der Waals surface area contributed by atoms with E-state index in [-0.39, 0.29) is 27.1 Å². The molecule has 0 fully saturated rings. The molecule has 140 valence electrons. The lowest BCUT2D eigenvalue weighted by atomic mass is 10.2. The molecule has 0 atom stereocenters. The van der Waals surface area contributed by atoms with Gasteiger partial charge in [-0.3, -0.25) is 9.69 Å². The minimum Gasteiger partial charge on any atom is -0.423 e. The smallest absolute Gasteiger partial charge is 0.343 e. The molecule has 0 unspecified atom stereocenters. The number of amides is 1. The fourth-order valence-electron chi connectivity index (χ4n) is 3.15. The summed E-state index contributed by atoms with van der Waals surface area (Å²) in [7, 11) is -3.88. The first kappa shape index (κ1) is 17.9. The van der Waals surface area contributed by atoms with Crippen LogP contribution in [0.1, 0.15) is 17.3 Å². The van der Waals surface area contributed by atoms with Crippen molar-refractivity contribution in [3.8, 4) is 5.75 Å². The number of hydrogen-bond acceptors (Lipinski definition) is 5. The molecule has 0 saturated heterocycles. The van der Waals surface area contributed by atoms with Gasteiger partial charge < -0.3 is 4.74 Å². The van der Waals surface area contributed by atoms with Crippen molar-refractivity contribution in [2.75, 3.05) is 4.90 Å². The van der Waals surface area contributed by atoms with E-state index in [0.717, 1.165) is 0 Å². The second kappa shape index (κ2) is 6.61. The average Bonchev–Trinajstić information content (AvgIpc) is 2.69.